The number of halogens is 4. The number of para-hydroxylation sites is 1. The lowest BCUT2D eigenvalue weighted by Gasteiger charge is -2.13. The van der Waals surface area contributed by atoms with Crippen LogP contribution in [0.2, 0.25) is 0 Å². The summed E-state index contributed by atoms with van der Waals surface area (Å²) in [6.07, 6.45) is -4.03. The molecular weight excluding hydrogens is 284 g/mol. The Morgan fingerprint density at radius 1 is 1.37 bits per heavy atom. The third kappa shape index (κ3) is 2.83. The molecule has 8 heteroatoms. The van der Waals surface area contributed by atoms with Gasteiger partial charge in [0, 0.05) is 0 Å². The second kappa shape index (κ2) is 5.12. The average Bonchev–Trinajstić information content (AvgIpc) is 2.78. The van der Waals surface area contributed by atoms with E-state index in [4.69, 9.17) is 0 Å². The number of rotatable bonds is 4. The van der Waals surface area contributed by atoms with Crippen LogP contribution in [0.15, 0.2) is 24.3 Å². The van der Waals surface area contributed by atoms with E-state index < -0.39 is 18.3 Å². The minimum Gasteiger partial charge on any atom is -0.344 e. The normalized spacial score (nSPS) is 12.1. The van der Waals surface area contributed by atoms with Gasteiger partial charge in [-0.2, -0.15) is 8.78 Å². The van der Waals surface area contributed by atoms with Crippen molar-refractivity contribution in [2.24, 2.45) is 0 Å². The number of nitrogens with zero attached hydrogens (tertiary/aromatic N) is 1. The summed E-state index contributed by atoms with van der Waals surface area (Å²) in [5.41, 5.74) is 0.664. The maximum absolute atomic E-state index is 12.7. The fourth-order valence-corrected chi connectivity index (χ4v) is 2.28. The number of nitrogens with one attached hydrogen (secondary N) is 1. The number of carbonyl (C=O) groups excluding carboxylic acids is 1. The molecule has 1 aromatic heterocycles. The van der Waals surface area contributed by atoms with Gasteiger partial charge < -0.3 is 5.32 Å². The van der Waals surface area contributed by atoms with Crippen LogP contribution in [-0.2, 0) is 11.3 Å². The van der Waals surface area contributed by atoms with E-state index in [-0.39, 0.29) is 6.54 Å². The van der Waals surface area contributed by atoms with Crippen molar-refractivity contribution in [1.82, 2.24) is 10.3 Å². The number of fused-ring (bicyclic) bond motifs is 1. The van der Waals surface area contributed by atoms with Crippen LogP contribution in [0.1, 0.15) is 5.01 Å². The molecule has 0 aliphatic carbocycles. The molecule has 2 aromatic rings. The molecular formula is C11H8F4N2OS. The first-order valence-electron chi connectivity index (χ1n) is 5.20. The van der Waals surface area contributed by atoms with E-state index in [0.717, 1.165) is 4.70 Å². The molecule has 3 nitrogen and oxygen atoms in total. The average molecular weight is 292 g/mol. The molecule has 0 spiro atoms. The topological polar surface area (TPSA) is 42.0 Å². The molecule has 0 aliphatic heterocycles. The van der Waals surface area contributed by atoms with Crippen molar-refractivity contribution in [3.05, 3.63) is 29.3 Å². The molecule has 1 N–H and O–H groups in total. The van der Waals surface area contributed by atoms with Crippen LogP contribution in [0.25, 0.3) is 10.2 Å². The summed E-state index contributed by atoms with van der Waals surface area (Å²) in [4.78, 5) is 15.0. The fourth-order valence-electron chi connectivity index (χ4n) is 1.37. The summed E-state index contributed by atoms with van der Waals surface area (Å²) in [5, 5.41) is 2.14. The van der Waals surface area contributed by atoms with Crippen molar-refractivity contribution < 1.29 is 22.4 Å². The molecule has 0 aliphatic rings. The van der Waals surface area contributed by atoms with E-state index in [1.54, 1.807) is 29.6 Å². The molecule has 0 atom stereocenters. The van der Waals surface area contributed by atoms with Crippen LogP contribution in [0.4, 0.5) is 17.6 Å². The highest BCUT2D eigenvalue weighted by molar-refractivity contribution is 7.18. The summed E-state index contributed by atoms with van der Waals surface area (Å²) in [7, 11) is 0. The second-order valence-corrected chi connectivity index (χ2v) is 4.80. The minimum atomic E-state index is -4.68. The lowest BCUT2D eigenvalue weighted by atomic mass is 10.3. The van der Waals surface area contributed by atoms with E-state index in [1.165, 1.54) is 11.3 Å². The number of thiazole rings is 1. The van der Waals surface area contributed by atoms with Gasteiger partial charge in [-0.05, 0) is 12.1 Å². The van der Waals surface area contributed by atoms with Crippen LogP contribution in [0, 0.1) is 0 Å². The molecule has 19 heavy (non-hydrogen) atoms. The Balaban J connectivity index is 2.04. The molecule has 0 bridgehead atoms. The van der Waals surface area contributed by atoms with Gasteiger partial charge in [-0.3, -0.25) is 4.79 Å². The van der Waals surface area contributed by atoms with Crippen LogP contribution in [0.5, 0.6) is 0 Å². The zero-order valence-electron chi connectivity index (χ0n) is 9.37. The van der Waals surface area contributed by atoms with Gasteiger partial charge in [0.25, 0.3) is 5.91 Å². The fraction of sp³-hybridized carbons (Fsp3) is 0.273. The molecule has 2 rings (SSSR count). The van der Waals surface area contributed by atoms with Gasteiger partial charge >= 0.3 is 12.3 Å². The monoisotopic (exact) mass is 292 g/mol. The van der Waals surface area contributed by atoms with Gasteiger partial charge in [-0.25, -0.2) is 13.8 Å². The number of benzene rings is 1. The smallest absolute Gasteiger partial charge is 0.344 e. The first kappa shape index (κ1) is 13.7. The van der Waals surface area contributed by atoms with Gasteiger partial charge in [-0.1, -0.05) is 12.1 Å². The highest BCUT2D eigenvalue weighted by atomic mass is 32.1. The Morgan fingerprint density at radius 3 is 2.68 bits per heavy atom. The molecule has 0 radical (unpaired) electrons. The van der Waals surface area contributed by atoms with Crippen molar-refractivity contribution in [2.45, 2.75) is 18.9 Å². The zero-order valence-corrected chi connectivity index (χ0v) is 10.2. The van der Waals surface area contributed by atoms with Gasteiger partial charge in [0.2, 0.25) is 0 Å². The molecule has 0 saturated heterocycles. The molecule has 1 aromatic carbocycles. The third-order valence-electron chi connectivity index (χ3n) is 2.32. The van der Waals surface area contributed by atoms with E-state index >= 15 is 0 Å². The quantitative estimate of drug-likeness (QED) is 0.880. The minimum absolute atomic E-state index is 0.305. The van der Waals surface area contributed by atoms with Crippen molar-refractivity contribution in [2.75, 3.05) is 0 Å². The Morgan fingerprint density at radius 2 is 2.05 bits per heavy atom. The van der Waals surface area contributed by atoms with Gasteiger partial charge in [0.05, 0.1) is 16.8 Å². The predicted octanol–water partition coefficient (Wildman–Crippen LogP) is 2.81. The maximum Gasteiger partial charge on any atom is 0.383 e. The maximum atomic E-state index is 12.7. The summed E-state index contributed by atoms with van der Waals surface area (Å²) < 4.78 is 50.0. The van der Waals surface area contributed by atoms with Crippen molar-refractivity contribution in [1.29, 1.82) is 0 Å². The molecule has 102 valence electrons. The summed E-state index contributed by atoms with van der Waals surface area (Å²) in [6.45, 7) is -0.305. The number of amides is 1. The molecule has 1 heterocycles. The Hall–Kier alpha value is -1.70. The lowest BCUT2D eigenvalue weighted by molar-refractivity contribution is -0.169. The Kier molecular flexibility index (Phi) is 3.70. The molecule has 0 unspecified atom stereocenters. The van der Waals surface area contributed by atoms with Gasteiger partial charge in [0.15, 0.2) is 0 Å². The van der Waals surface area contributed by atoms with Crippen LogP contribution in [-0.4, -0.2) is 23.2 Å². The summed E-state index contributed by atoms with van der Waals surface area (Å²) in [5.74, 6) is -6.68. The number of carbonyl (C=O) groups is 1. The zero-order chi connectivity index (χ0) is 14.0. The highest BCUT2D eigenvalue weighted by Gasteiger charge is 2.48. The van der Waals surface area contributed by atoms with Crippen LogP contribution in [0.3, 0.4) is 0 Å². The molecule has 0 saturated carbocycles. The Labute approximate surface area is 109 Å². The summed E-state index contributed by atoms with van der Waals surface area (Å²) in [6, 6.07) is 7.06. The van der Waals surface area contributed by atoms with Crippen molar-refractivity contribution in [3.63, 3.8) is 0 Å². The first-order chi connectivity index (χ1) is 8.91. The van der Waals surface area contributed by atoms with Crippen molar-refractivity contribution >= 4 is 27.5 Å². The first-order valence-corrected chi connectivity index (χ1v) is 6.01. The van der Waals surface area contributed by atoms with E-state index in [1.807, 2.05) is 0 Å². The number of alkyl halides is 4. The SMILES string of the molecule is O=C(NCc1nc2ccccc2s1)C(F)(F)C(F)F. The molecule has 0 fully saturated rings. The predicted molar refractivity (Wildman–Crippen MR) is 62.4 cm³/mol. The third-order valence-corrected chi connectivity index (χ3v) is 3.35. The number of hydrogen-bond acceptors (Lipinski definition) is 3. The number of hydrogen-bond donors (Lipinski definition) is 1. The van der Waals surface area contributed by atoms with E-state index in [0.29, 0.717) is 10.5 Å². The highest BCUT2D eigenvalue weighted by Crippen LogP contribution is 2.24. The molecule has 1 amide bonds. The van der Waals surface area contributed by atoms with E-state index in [9.17, 15) is 22.4 Å². The van der Waals surface area contributed by atoms with Crippen LogP contribution < -0.4 is 5.32 Å². The second-order valence-electron chi connectivity index (χ2n) is 3.68. The Bertz CT molecular complexity index is 566. The summed E-state index contributed by atoms with van der Waals surface area (Å²) >= 11 is 1.20. The standard InChI is InChI=1S/C11H8F4N2OS/c12-9(13)11(14,15)10(18)16-5-8-17-6-3-1-2-4-7(6)19-8/h1-4,9H,5H2,(H,16,18). The van der Waals surface area contributed by atoms with Gasteiger partial charge in [0.1, 0.15) is 5.01 Å². The van der Waals surface area contributed by atoms with Gasteiger partial charge in [-0.15, -0.1) is 11.3 Å². The van der Waals surface area contributed by atoms with Crippen molar-refractivity contribution in [3.8, 4) is 0 Å². The lowest BCUT2D eigenvalue weighted by Crippen LogP contribution is -2.44. The van der Waals surface area contributed by atoms with E-state index in [2.05, 4.69) is 4.98 Å². The number of aromatic nitrogens is 1. The largest absolute Gasteiger partial charge is 0.383 e. The van der Waals surface area contributed by atoms with Crippen LogP contribution >= 0.6 is 11.3 Å².